The van der Waals surface area contributed by atoms with Crippen molar-refractivity contribution in [1.82, 2.24) is 0 Å². The van der Waals surface area contributed by atoms with Crippen molar-refractivity contribution in [2.24, 2.45) is 0 Å². The van der Waals surface area contributed by atoms with Gasteiger partial charge >= 0.3 is 0 Å². The minimum atomic E-state index is -0.250. The number of nitrogens with one attached hydrogen (secondary N) is 1. The molecule has 0 aliphatic heterocycles. The van der Waals surface area contributed by atoms with E-state index < -0.39 is 0 Å². The molecule has 19 heavy (non-hydrogen) atoms. The number of halogens is 2. The first-order valence-electron chi connectivity index (χ1n) is 6.23. The highest BCUT2D eigenvalue weighted by Crippen LogP contribution is 2.35. The topological polar surface area (TPSA) is 38.0 Å². The number of nitrogen functional groups attached to an aromatic ring is 1. The lowest BCUT2D eigenvalue weighted by Gasteiger charge is -2.16. The predicted molar refractivity (Wildman–Crippen MR) is 79.6 cm³/mol. The highest BCUT2D eigenvalue weighted by molar-refractivity contribution is 9.10. The summed E-state index contributed by atoms with van der Waals surface area (Å²) in [4.78, 5) is 0. The van der Waals surface area contributed by atoms with Gasteiger partial charge in [0.2, 0.25) is 0 Å². The lowest BCUT2D eigenvalue weighted by molar-refractivity contribution is 0.621. The molecule has 0 amide bonds. The Hall–Kier alpha value is -1.55. The Kier molecular flexibility index (Phi) is 3.19. The van der Waals surface area contributed by atoms with Gasteiger partial charge in [0.25, 0.3) is 0 Å². The van der Waals surface area contributed by atoms with Crippen molar-refractivity contribution in [1.29, 1.82) is 0 Å². The number of hydrogen-bond acceptors (Lipinski definition) is 2. The van der Waals surface area contributed by atoms with Crippen molar-refractivity contribution in [2.75, 3.05) is 11.1 Å². The van der Waals surface area contributed by atoms with E-state index in [1.165, 1.54) is 17.2 Å². The van der Waals surface area contributed by atoms with Crippen LogP contribution >= 0.6 is 15.9 Å². The van der Waals surface area contributed by atoms with Gasteiger partial charge in [-0.25, -0.2) is 4.39 Å². The lowest BCUT2D eigenvalue weighted by atomic mass is 10.1. The molecule has 0 spiro atoms. The Labute approximate surface area is 120 Å². The van der Waals surface area contributed by atoms with Gasteiger partial charge < -0.3 is 11.1 Å². The van der Waals surface area contributed by atoms with E-state index in [2.05, 4.69) is 27.3 Å². The fourth-order valence-corrected chi connectivity index (χ4v) is 2.82. The summed E-state index contributed by atoms with van der Waals surface area (Å²) in [5.74, 6) is -0.250. The zero-order chi connectivity index (χ0) is 13.4. The minimum absolute atomic E-state index is 0.233. The third kappa shape index (κ3) is 2.45. The Balaban J connectivity index is 1.84. The van der Waals surface area contributed by atoms with Gasteiger partial charge in [-0.3, -0.25) is 0 Å². The summed E-state index contributed by atoms with van der Waals surface area (Å²) < 4.78 is 14.0. The highest BCUT2D eigenvalue weighted by atomic mass is 79.9. The van der Waals surface area contributed by atoms with Crippen LogP contribution in [-0.2, 0) is 6.42 Å². The molecule has 0 radical (unpaired) electrons. The van der Waals surface area contributed by atoms with Gasteiger partial charge in [-0.2, -0.15) is 0 Å². The van der Waals surface area contributed by atoms with Gasteiger partial charge in [-0.1, -0.05) is 6.07 Å². The maximum absolute atomic E-state index is 13.5. The normalized spacial score (nSPS) is 17.3. The zero-order valence-corrected chi connectivity index (χ0v) is 11.9. The van der Waals surface area contributed by atoms with Crippen LogP contribution in [0.2, 0.25) is 0 Å². The standard InChI is InChI=1S/C15H14BrFN2/c16-13-5-3-11(8-14(13)17)19-15-6-1-9-7-10(18)2-4-12(9)15/h2-5,7-8,15,19H,1,6,18H2. The molecule has 0 saturated carbocycles. The highest BCUT2D eigenvalue weighted by Gasteiger charge is 2.22. The van der Waals surface area contributed by atoms with Gasteiger partial charge in [-0.15, -0.1) is 0 Å². The second kappa shape index (κ2) is 4.85. The maximum atomic E-state index is 13.5. The quantitative estimate of drug-likeness (QED) is 0.811. The van der Waals surface area contributed by atoms with E-state index in [4.69, 9.17) is 5.73 Å². The zero-order valence-electron chi connectivity index (χ0n) is 10.3. The van der Waals surface area contributed by atoms with E-state index in [9.17, 15) is 4.39 Å². The van der Waals surface area contributed by atoms with Crippen molar-refractivity contribution in [3.63, 3.8) is 0 Å². The maximum Gasteiger partial charge on any atom is 0.139 e. The van der Waals surface area contributed by atoms with Gasteiger partial charge in [0, 0.05) is 11.4 Å². The number of aryl methyl sites for hydroxylation is 1. The van der Waals surface area contributed by atoms with Crippen LogP contribution < -0.4 is 11.1 Å². The Morgan fingerprint density at radius 2 is 2.05 bits per heavy atom. The summed E-state index contributed by atoms with van der Waals surface area (Å²) in [6.45, 7) is 0. The molecule has 2 aromatic rings. The number of nitrogens with two attached hydrogens (primary N) is 1. The fraction of sp³-hybridized carbons (Fsp3) is 0.200. The Morgan fingerprint density at radius 3 is 2.84 bits per heavy atom. The third-order valence-electron chi connectivity index (χ3n) is 3.51. The average molecular weight is 321 g/mol. The number of fused-ring (bicyclic) bond motifs is 1. The van der Waals surface area contributed by atoms with Crippen LogP contribution in [0, 0.1) is 5.82 Å². The molecule has 98 valence electrons. The summed E-state index contributed by atoms with van der Waals surface area (Å²) in [6, 6.07) is 11.3. The van der Waals surface area contributed by atoms with Crippen LogP contribution in [0.1, 0.15) is 23.6 Å². The molecule has 2 aromatic carbocycles. The molecule has 4 heteroatoms. The van der Waals surface area contributed by atoms with Crippen molar-refractivity contribution in [3.05, 3.63) is 57.8 Å². The largest absolute Gasteiger partial charge is 0.399 e. The summed E-state index contributed by atoms with van der Waals surface area (Å²) in [5.41, 5.74) is 9.94. The summed E-state index contributed by atoms with van der Waals surface area (Å²) in [5, 5.41) is 3.38. The molecule has 3 N–H and O–H groups in total. The average Bonchev–Trinajstić information content (AvgIpc) is 2.76. The van der Waals surface area contributed by atoms with Crippen LogP contribution in [0.25, 0.3) is 0 Å². The third-order valence-corrected chi connectivity index (χ3v) is 4.15. The number of hydrogen-bond donors (Lipinski definition) is 2. The van der Waals surface area contributed by atoms with E-state index >= 15 is 0 Å². The fourth-order valence-electron chi connectivity index (χ4n) is 2.57. The molecule has 1 aliphatic rings. The van der Waals surface area contributed by atoms with Gasteiger partial charge in [0.05, 0.1) is 10.5 Å². The van der Waals surface area contributed by atoms with Crippen molar-refractivity contribution < 1.29 is 4.39 Å². The lowest BCUT2D eigenvalue weighted by Crippen LogP contribution is -2.07. The predicted octanol–water partition coefficient (Wildman–Crippen LogP) is 4.27. The van der Waals surface area contributed by atoms with Crippen molar-refractivity contribution in [3.8, 4) is 0 Å². The number of anilines is 2. The molecule has 1 unspecified atom stereocenters. The minimum Gasteiger partial charge on any atom is -0.399 e. The van der Waals surface area contributed by atoms with Crippen LogP contribution in [0.3, 0.4) is 0 Å². The molecule has 0 saturated heterocycles. The van der Waals surface area contributed by atoms with E-state index in [1.807, 2.05) is 18.2 Å². The molecular formula is C15H14BrFN2. The van der Waals surface area contributed by atoms with Gasteiger partial charge in [0.15, 0.2) is 0 Å². The molecule has 2 nitrogen and oxygen atoms in total. The summed E-state index contributed by atoms with van der Waals surface area (Å²) in [7, 11) is 0. The summed E-state index contributed by atoms with van der Waals surface area (Å²) in [6.07, 6.45) is 2.02. The number of benzene rings is 2. The molecule has 0 heterocycles. The second-order valence-electron chi connectivity index (χ2n) is 4.82. The molecule has 1 atom stereocenters. The van der Waals surface area contributed by atoms with Crippen LogP contribution in [0.4, 0.5) is 15.8 Å². The molecule has 0 bridgehead atoms. The summed E-state index contributed by atoms with van der Waals surface area (Å²) >= 11 is 3.16. The van der Waals surface area contributed by atoms with Gasteiger partial charge in [0.1, 0.15) is 5.82 Å². The molecular weight excluding hydrogens is 307 g/mol. The Bertz CT molecular complexity index is 628. The van der Waals surface area contributed by atoms with Crippen LogP contribution in [-0.4, -0.2) is 0 Å². The van der Waals surface area contributed by atoms with E-state index in [-0.39, 0.29) is 11.9 Å². The monoisotopic (exact) mass is 320 g/mol. The number of rotatable bonds is 2. The molecule has 0 aromatic heterocycles. The first-order chi connectivity index (χ1) is 9.13. The van der Waals surface area contributed by atoms with E-state index in [1.54, 1.807) is 6.07 Å². The van der Waals surface area contributed by atoms with Crippen molar-refractivity contribution >= 4 is 27.3 Å². The van der Waals surface area contributed by atoms with Gasteiger partial charge in [-0.05, 0) is 70.2 Å². The first-order valence-corrected chi connectivity index (χ1v) is 7.02. The van der Waals surface area contributed by atoms with E-state index in [0.29, 0.717) is 4.47 Å². The van der Waals surface area contributed by atoms with E-state index in [0.717, 1.165) is 24.2 Å². The Morgan fingerprint density at radius 1 is 1.21 bits per heavy atom. The van der Waals surface area contributed by atoms with Crippen LogP contribution in [0.5, 0.6) is 0 Å². The van der Waals surface area contributed by atoms with Crippen LogP contribution in [0.15, 0.2) is 40.9 Å². The SMILES string of the molecule is Nc1ccc2c(c1)CCC2Nc1ccc(Br)c(F)c1. The smallest absolute Gasteiger partial charge is 0.139 e. The molecule has 3 rings (SSSR count). The molecule has 0 fully saturated rings. The van der Waals surface area contributed by atoms with Crippen molar-refractivity contribution in [2.45, 2.75) is 18.9 Å². The first kappa shape index (κ1) is 12.5. The molecule has 1 aliphatic carbocycles. The second-order valence-corrected chi connectivity index (χ2v) is 5.68.